The molecule has 0 saturated carbocycles. The van der Waals surface area contributed by atoms with Crippen molar-refractivity contribution in [1.29, 1.82) is 0 Å². The largest absolute Gasteiger partial charge is 0.381 e. The third kappa shape index (κ3) is 3.34. The van der Waals surface area contributed by atoms with Gasteiger partial charge in [-0.05, 0) is 31.5 Å². The predicted molar refractivity (Wildman–Crippen MR) is 76.3 cm³/mol. The van der Waals surface area contributed by atoms with Crippen molar-refractivity contribution < 1.29 is 13.7 Å². The van der Waals surface area contributed by atoms with Crippen LogP contribution < -0.4 is 5.32 Å². The van der Waals surface area contributed by atoms with Gasteiger partial charge in [0.05, 0.1) is 4.92 Å². The van der Waals surface area contributed by atoms with E-state index in [2.05, 4.69) is 5.32 Å². The third-order valence-electron chi connectivity index (χ3n) is 3.22. The SMILES string of the molecule is Cc1cc([N+](=O)[O-])c(C)cc1NCc1ccc(F)cc1F. The Morgan fingerprint density at radius 3 is 2.48 bits per heavy atom. The standard InChI is InChI=1S/C15H14F2N2O2/c1-9-6-15(19(20)21)10(2)5-14(9)18-8-11-3-4-12(16)7-13(11)17/h3-7,18H,8H2,1-2H3. The van der Waals surface area contributed by atoms with Gasteiger partial charge in [0.2, 0.25) is 0 Å². The summed E-state index contributed by atoms with van der Waals surface area (Å²) in [6, 6.07) is 6.50. The van der Waals surface area contributed by atoms with Crippen molar-refractivity contribution in [3.8, 4) is 0 Å². The van der Waals surface area contributed by atoms with Crippen molar-refractivity contribution in [3.63, 3.8) is 0 Å². The van der Waals surface area contributed by atoms with Crippen LogP contribution >= 0.6 is 0 Å². The number of nitro groups is 1. The first-order chi connectivity index (χ1) is 9.88. The smallest absolute Gasteiger partial charge is 0.272 e. The Morgan fingerprint density at radius 1 is 1.14 bits per heavy atom. The van der Waals surface area contributed by atoms with Gasteiger partial charge >= 0.3 is 0 Å². The molecule has 0 fully saturated rings. The average Bonchev–Trinajstić information content (AvgIpc) is 2.40. The Kier molecular flexibility index (Phi) is 4.16. The molecule has 6 heteroatoms. The number of halogens is 2. The van der Waals surface area contributed by atoms with Crippen molar-refractivity contribution >= 4 is 11.4 Å². The zero-order valence-corrected chi connectivity index (χ0v) is 11.6. The maximum atomic E-state index is 13.5. The summed E-state index contributed by atoms with van der Waals surface area (Å²) in [4.78, 5) is 10.4. The summed E-state index contributed by atoms with van der Waals surface area (Å²) in [5.74, 6) is -1.25. The molecule has 0 radical (unpaired) electrons. The summed E-state index contributed by atoms with van der Waals surface area (Å²) in [6.45, 7) is 3.54. The zero-order chi connectivity index (χ0) is 15.6. The molecule has 0 bridgehead atoms. The van der Waals surface area contributed by atoms with Crippen molar-refractivity contribution in [1.82, 2.24) is 0 Å². The van der Waals surface area contributed by atoms with Gasteiger partial charge in [-0.2, -0.15) is 0 Å². The first-order valence-electron chi connectivity index (χ1n) is 6.32. The summed E-state index contributed by atoms with van der Waals surface area (Å²) < 4.78 is 26.4. The van der Waals surface area contributed by atoms with E-state index >= 15 is 0 Å². The van der Waals surface area contributed by atoms with Crippen LogP contribution in [0.5, 0.6) is 0 Å². The Bertz CT molecular complexity index is 702. The van der Waals surface area contributed by atoms with Gasteiger partial charge in [-0.3, -0.25) is 10.1 Å². The van der Waals surface area contributed by atoms with Gasteiger partial charge in [0.15, 0.2) is 0 Å². The Morgan fingerprint density at radius 2 is 1.86 bits per heavy atom. The number of nitrogens with one attached hydrogen (secondary N) is 1. The molecule has 0 aromatic heterocycles. The number of aryl methyl sites for hydroxylation is 2. The lowest BCUT2D eigenvalue weighted by atomic mass is 10.1. The van der Waals surface area contributed by atoms with Gasteiger partial charge < -0.3 is 5.32 Å². The number of benzene rings is 2. The molecule has 2 rings (SSSR count). The Hall–Kier alpha value is -2.50. The van der Waals surface area contributed by atoms with Crippen LogP contribution in [0.15, 0.2) is 30.3 Å². The van der Waals surface area contributed by atoms with Crippen molar-refractivity contribution in [2.45, 2.75) is 20.4 Å². The van der Waals surface area contributed by atoms with Crippen LogP contribution in [0.2, 0.25) is 0 Å². The van der Waals surface area contributed by atoms with Gasteiger partial charge in [-0.15, -0.1) is 0 Å². The highest BCUT2D eigenvalue weighted by Crippen LogP contribution is 2.26. The fraction of sp³-hybridized carbons (Fsp3) is 0.200. The van der Waals surface area contributed by atoms with Crippen LogP contribution in [0.1, 0.15) is 16.7 Å². The number of nitrogens with zero attached hydrogens (tertiary/aromatic N) is 1. The molecule has 0 aliphatic rings. The molecule has 0 atom stereocenters. The summed E-state index contributed by atoms with van der Waals surface area (Å²) in [6.07, 6.45) is 0. The quantitative estimate of drug-likeness (QED) is 0.681. The Balaban J connectivity index is 2.20. The van der Waals surface area contributed by atoms with Gasteiger partial charge in [0, 0.05) is 35.5 Å². The molecule has 4 nitrogen and oxygen atoms in total. The molecule has 0 unspecified atom stereocenters. The van der Waals surface area contributed by atoms with E-state index in [9.17, 15) is 18.9 Å². The van der Waals surface area contributed by atoms with Gasteiger partial charge in [0.1, 0.15) is 11.6 Å². The topological polar surface area (TPSA) is 55.2 Å². The molecule has 0 aliphatic heterocycles. The highest BCUT2D eigenvalue weighted by atomic mass is 19.1. The van der Waals surface area contributed by atoms with E-state index in [1.54, 1.807) is 19.9 Å². The van der Waals surface area contributed by atoms with E-state index in [1.807, 2.05) is 0 Å². The number of hydrogen-bond acceptors (Lipinski definition) is 3. The lowest BCUT2D eigenvalue weighted by Crippen LogP contribution is -2.04. The normalized spacial score (nSPS) is 10.5. The molecule has 2 aromatic carbocycles. The van der Waals surface area contributed by atoms with E-state index in [0.717, 1.165) is 6.07 Å². The molecule has 0 heterocycles. The van der Waals surface area contributed by atoms with Crippen LogP contribution in [0.3, 0.4) is 0 Å². The molecule has 0 amide bonds. The predicted octanol–water partition coefficient (Wildman–Crippen LogP) is 4.10. The molecule has 2 aromatic rings. The summed E-state index contributed by atoms with van der Waals surface area (Å²) in [5.41, 5.74) is 2.27. The van der Waals surface area contributed by atoms with Gasteiger partial charge in [-0.25, -0.2) is 8.78 Å². The van der Waals surface area contributed by atoms with E-state index in [1.165, 1.54) is 18.2 Å². The minimum Gasteiger partial charge on any atom is -0.381 e. The minimum absolute atomic E-state index is 0.0472. The summed E-state index contributed by atoms with van der Waals surface area (Å²) >= 11 is 0. The molecule has 0 spiro atoms. The van der Waals surface area contributed by atoms with Crippen molar-refractivity contribution in [2.24, 2.45) is 0 Å². The Labute approximate surface area is 120 Å². The minimum atomic E-state index is -0.626. The van der Waals surface area contributed by atoms with Gasteiger partial charge in [0.25, 0.3) is 5.69 Å². The molecule has 110 valence electrons. The van der Waals surface area contributed by atoms with E-state index in [4.69, 9.17) is 0 Å². The molecule has 1 N–H and O–H groups in total. The fourth-order valence-electron chi connectivity index (χ4n) is 2.04. The summed E-state index contributed by atoms with van der Waals surface area (Å²) in [7, 11) is 0. The molecule has 0 aliphatic carbocycles. The second kappa shape index (κ2) is 5.87. The summed E-state index contributed by atoms with van der Waals surface area (Å²) in [5, 5.41) is 13.9. The van der Waals surface area contributed by atoms with E-state index in [0.29, 0.717) is 22.4 Å². The lowest BCUT2D eigenvalue weighted by Gasteiger charge is -2.11. The van der Waals surface area contributed by atoms with Crippen LogP contribution in [-0.2, 0) is 6.54 Å². The molecular formula is C15H14F2N2O2. The third-order valence-corrected chi connectivity index (χ3v) is 3.22. The van der Waals surface area contributed by atoms with Gasteiger partial charge in [-0.1, -0.05) is 6.07 Å². The zero-order valence-electron chi connectivity index (χ0n) is 11.6. The van der Waals surface area contributed by atoms with Crippen LogP contribution in [0.4, 0.5) is 20.2 Å². The monoisotopic (exact) mass is 292 g/mol. The number of nitro benzene ring substituents is 1. The number of rotatable bonds is 4. The van der Waals surface area contributed by atoms with Crippen molar-refractivity contribution in [3.05, 3.63) is 68.8 Å². The van der Waals surface area contributed by atoms with Crippen molar-refractivity contribution in [2.75, 3.05) is 5.32 Å². The number of anilines is 1. The molecular weight excluding hydrogens is 278 g/mol. The molecule has 21 heavy (non-hydrogen) atoms. The van der Waals surface area contributed by atoms with E-state index in [-0.39, 0.29) is 12.2 Å². The fourth-order valence-corrected chi connectivity index (χ4v) is 2.04. The van der Waals surface area contributed by atoms with E-state index < -0.39 is 16.6 Å². The molecule has 0 saturated heterocycles. The number of hydrogen-bond donors (Lipinski definition) is 1. The average molecular weight is 292 g/mol. The van der Waals surface area contributed by atoms with Crippen LogP contribution in [0.25, 0.3) is 0 Å². The second-order valence-corrected chi connectivity index (χ2v) is 4.80. The highest BCUT2D eigenvalue weighted by molar-refractivity contribution is 5.59. The highest BCUT2D eigenvalue weighted by Gasteiger charge is 2.13. The first kappa shape index (κ1) is 14.9. The second-order valence-electron chi connectivity index (χ2n) is 4.80. The van der Waals surface area contributed by atoms with Crippen LogP contribution in [-0.4, -0.2) is 4.92 Å². The lowest BCUT2D eigenvalue weighted by molar-refractivity contribution is -0.385. The first-order valence-corrected chi connectivity index (χ1v) is 6.32. The maximum absolute atomic E-state index is 13.5. The maximum Gasteiger partial charge on any atom is 0.272 e. The van der Waals surface area contributed by atoms with Crippen LogP contribution in [0, 0.1) is 35.6 Å².